The van der Waals surface area contributed by atoms with Gasteiger partial charge in [0.25, 0.3) is 0 Å². The summed E-state index contributed by atoms with van der Waals surface area (Å²) >= 11 is 0. The van der Waals surface area contributed by atoms with E-state index in [1.54, 1.807) is 0 Å². The molecule has 12 nitrogen and oxygen atoms in total. The molecule has 542 valence electrons. The van der Waals surface area contributed by atoms with Gasteiger partial charge in [0.15, 0.2) is 53.8 Å². The lowest BCUT2D eigenvalue weighted by atomic mass is 10.00. The van der Waals surface area contributed by atoms with E-state index in [4.69, 9.17) is 0 Å². The van der Waals surface area contributed by atoms with Crippen LogP contribution in [0.25, 0.3) is 111 Å². The van der Waals surface area contributed by atoms with Gasteiger partial charge in [-0.15, -0.1) is 0 Å². The van der Waals surface area contributed by atoms with Gasteiger partial charge in [-0.05, 0) is 125 Å². The van der Waals surface area contributed by atoms with E-state index in [2.05, 4.69) is 404 Å². The van der Waals surface area contributed by atoms with Crippen molar-refractivity contribution in [3.63, 3.8) is 0 Å². The van der Waals surface area contributed by atoms with E-state index in [0.717, 1.165) is 55.9 Å². The molecule has 10 aromatic carbocycles. The molecule has 0 unspecified atom stereocenters. The number of aryl methyl sites for hydroxylation is 11. The molecular weight excluding hydrogens is 1360 g/mol. The van der Waals surface area contributed by atoms with Crippen LogP contribution in [0.1, 0.15) is 84.5 Å². The molecule has 12 heteroatoms. The minimum atomic E-state index is 0.998. The highest BCUT2D eigenvalue weighted by Crippen LogP contribution is 2.28. The molecule has 111 heavy (non-hydrogen) atoms. The molecule has 0 aliphatic heterocycles. The third-order valence-corrected chi connectivity index (χ3v) is 21.6. The van der Waals surface area contributed by atoms with Gasteiger partial charge >= 0.3 is 0 Å². The van der Waals surface area contributed by atoms with Crippen LogP contribution in [0.4, 0.5) is 0 Å². The highest BCUT2D eigenvalue weighted by molar-refractivity contribution is 5.83. The topological polar surface area (TPSA) is 82.6 Å². The molecule has 0 saturated heterocycles. The molecule has 8 aromatic heterocycles. The molecule has 0 atom stereocenters. The van der Waals surface area contributed by atoms with E-state index >= 15 is 0 Å². The maximum absolute atomic E-state index is 4.62. The molecule has 8 heterocycles. The summed E-state index contributed by atoms with van der Waals surface area (Å²) < 4.78 is 18.3. The van der Waals surface area contributed by atoms with Crippen LogP contribution >= 0.6 is 0 Å². The largest absolute Gasteiger partial charge is 0.252 e. The Morgan fingerprint density at radius 2 is 0.604 bits per heavy atom. The van der Waals surface area contributed by atoms with Crippen molar-refractivity contribution in [3.8, 4) is 45.5 Å². The van der Waals surface area contributed by atoms with Crippen molar-refractivity contribution in [1.29, 1.82) is 0 Å². The Balaban J connectivity index is 0.000000118. The van der Waals surface area contributed by atoms with Crippen LogP contribution in [0, 0.1) is 104 Å². The fourth-order valence-electron chi connectivity index (χ4n) is 16.0. The summed E-state index contributed by atoms with van der Waals surface area (Å²) in [7, 11) is 0. The molecule has 0 aliphatic rings. The van der Waals surface area contributed by atoms with E-state index in [1.807, 2.05) is 55.4 Å². The predicted octanol–water partition coefficient (Wildman–Crippen LogP) is 18.1. The Bertz CT molecular complexity index is 6680. The first-order chi connectivity index (χ1) is 53.8. The first kappa shape index (κ1) is 73.2. The van der Waals surface area contributed by atoms with Crippen molar-refractivity contribution >= 4 is 65.4 Å². The van der Waals surface area contributed by atoms with Gasteiger partial charge in [0.05, 0.1) is 53.2 Å². The number of hydrogen-bond donors (Lipinski definition) is 0. The monoisotopic (exact) mass is 1450 g/mol. The summed E-state index contributed by atoms with van der Waals surface area (Å²) in [6.07, 6.45) is 20.5. The molecule has 0 radical (unpaired) electrons. The van der Waals surface area contributed by atoms with E-state index in [0.29, 0.717) is 0 Å². The third kappa shape index (κ3) is 14.4. The molecule has 0 fully saturated rings. The van der Waals surface area contributed by atoms with Crippen molar-refractivity contribution < 1.29 is 36.5 Å². The Labute approximate surface area is 650 Å². The lowest BCUT2D eigenvalue weighted by molar-refractivity contribution is -0.612. The first-order valence-corrected chi connectivity index (χ1v) is 38.1. The number of hydrogen-bond acceptors (Lipinski definition) is 4. The minimum absolute atomic E-state index is 0.998. The van der Waals surface area contributed by atoms with Gasteiger partial charge in [0.2, 0.25) is 84.8 Å². The molecule has 0 N–H and O–H groups in total. The van der Waals surface area contributed by atoms with Gasteiger partial charge in [-0.25, -0.2) is 15.0 Å². The van der Waals surface area contributed by atoms with E-state index < -0.39 is 0 Å². The summed E-state index contributed by atoms with van der Waals surface area (Å²) in [5, 5.41) is 7.53. The number of pyridine rings is 4. The second kappa shape index (κ2) is 31.1. The van der Waals surface area contributed by atoms with Crippen molar-refractivity contribution in [3.05, 3.63) is 383 Å². The average molecular weight is 1450 g/mol. The van der Waals surface area contributed by atoms with Gasteiger partial charge in [-0.1, -0.05) is 97.1 Å². The summed E-state index contributed by atoms with van der Waals surface area (Å²) in [5.74, 6) is 0. The van der Waals surface area contributed by atoms with E-state index in [9.17, 15) is 0 Å². The molecule has 0 spiro atoms. The van der Waals surface area contributed by atoms with Gasteiger partial charge in [-0.3, -0.25) is 4.98 Å². The fraction of sp³-hybridized carbons (Fsp3) is 0.152. The molecule has 0 aliphatic carbocycles. The zero-order valence-corrected chi connectivity index (χ0v) is 66.2. The molecule has 0 saturated carbocycles. The quantitative estimate of drug-likeness (QED) is 0.142. The van der Waals surface area contributed by atoms with Crippen molar-refractivity contribution in [1.82, 2.24) is 19.9 Å². The molecular formula is C99H94N12+8. The van der Waals surface area contributed by atoms with Gasteiger partial charge in [-0.2, -0.15) is 36.5 Å². The van der Waals surface area contributed by atoms with Crippen LogP contribution in [0.15, 0.2) is 299 Å². The summed E-state index contributed by atoms with van der Waals surface area (Å²) in [6, 6.07) is 83.4. The van der Waals surface area contributed by atoms with Gasteiger partial charge < -0.3 is 0 Å². The summed E-state index contributed by atoms with van der Waals surface area (Å²) in [4.78, 5) is 18.0. The van der Waals surface area contributed by atoms with Crippen LogP contribution in [0.5, 0.6) is 0 Å². The Hall–Kier alpha value is -13.3. The SMILES string of the molecule is Cc1c(-[n+]2cc3ccccc3cc2C)cccc1-[n+]1c(C)cnc2ccccc21.Cc1c(-[n+]2ccccc2C)cccc1-[n+]1c(C)cnc2ccccc21.Cc1cc(-[n+]2cc3ccccc3cc2C)c(C)c(-[n+]2c(C)cnc3ccccc32)c1.Cc1cc(C)c(-[n+]2cc3ccccc3cc2C)c(C)c1-[n+]1ccncc1C. The smallest absolute Gasteiger partial charge is 0.237 e. The van der Waals surface area contributed by atoms with Crippen LogP contribution in [0.3, 0.4) is 0 Å². The standard InChI is InChI=1S/C27H25N3.C26H23N3.C24H25N3.C22H21N3/c1-18-13-26(29-17-23-10-6-5-9-22(23)15-19(29)2)21(4)27(14-18)30-20(3)16-28-24-11-7-8-12-25(24)30;1-18-15-21-9-4-5-10-22(21)17-28(18)24-13-8-14-25(20(24)3)29-19(2)16-27-23-11-6-7-12-26(23)29;1-16-12-17(2)24(20(5)23(16)26-11-10-25-14-19(26)4)27-15-22-9-7-6-8-21(22)13-18(27)3;1-16-9-6-7-14-24(16)20-12-8-13-21(18(20)3)25-17(2)15-23-19-10-4-5-11-22(19)25/h5-17H,1-4H3;4-17H,1-3H3;6-15H,1-5H3;4-15H,1-3H3/q4*+2. The Morgan fingerprint density at radius 1 is 0.234 bits per heavy atom. The average Bonchev–Trinajstić information content (AvgIpc) is 0.774. The third-order valence-electron chi connectivity index (χ3n) is 21.6. The molecule has 18 aromatic rings. The van der Waals surface area contributed by atoms with E-state index in [-0.39, 0.29) is 0 Å². The number of aromatic nitrogens is 12. The zero-order chi connectivity index (χ0) is 77.3. The number of nitrogens with zero attached hydrogens (tertiary/aromatic N) is 12. The number of para-hydroxylation sites is 6. The first-order valence-electron chi connectivity index (χ1n) is 38.1. The molecule has 0 amide bonds. The highest BCUT2D eigenvalue weighted by Gasteiger charge is 2.31. The molecule has 18 rings (SSSR count). The highest BCUT2D eigenvalue weighted by atomic mass is 15.1. The number of rotatable bonds is 8. The molecule has 0 bridgehead atoms. The van der Waals surface area contributed by atoms with Crippen molar-refractivity contribution in [2.75, 3.05) is 0 Å². The Kier molecular flexibility index (Phi) is 20.5. The number of benzene rings is 10. The van der Waals surface area contributed by atoms with Gasteiger partial charge in [0.1, 0.15) is 16.6 Å². The van der Waals surface area contributed by atoms with Crippen molar-refractivity contribution in [2.24, 2.45) is 0 Å². The number of fused-ring (bicyclic) bond motifs is 6. The maximum Gasteiger partial charge on any atom is 0.237 e. The normalized spacial score (nSPS) is 11.2. The lowest BCUT2D eigenvalue weighted by Gasteiger charge is -2.12. The lowest BCUT2D eigenvalue weighted by Crippen LogP contribution is -2.40. The van der Waals surface area contributed by atoms with E-state index in [1.165, 1.54) is 140 Å². The van der Waals surface area contributed by atoms with Crippen LogP contribution in [0.2, 0.25) is 0 Å². The summed E-state index contributed by atoms with van der Waals surface area (Å²) in [6.45, 7) is 32.5. The summed E-state index contributed by atoms with van der Waals surface area (Å²) in [5.41, 5.74) is 34.1. The van der Waals surface area contributed by atoms with Crippen LogP contribution < -0.4 is 36.5 Å². The predicted molar refractivity (Wildman–Crippen MR) is 445 cm³/mol. The maximum atomic E-state index is 4.62. The minimum Gasteiger partial charge on any atom is -0.252 e. The van der Waals surface area contributed by atoms with Crippen LogP contribution in [-0.4, -0.2) is 19.9 Å². The zero-order valence-electron chi connectivity index (χ0n) is 66.2. The second-order valence-corrected chi connectivity index (χ2v) is 29.3. The Morgan fingerprint density at radius 3 is 1.07 bits per heavy atom. The van der Waals surface area contributed by atoms with Gasteiger partial charge in [0, 0.05) is 168 Å². The fourth-order valence-corrected chi connectivity index (χ4v) is 16.0. The second-order valence-electron chi connectivity index (χ2n) is 29.3. The van der Waals surface area contributed by atoms with Crippen LogP contribution in [-0.2, 0) is 0 Å². The van der Waals surface area contributed by atoms with Crippen molar-refractivity contribution in [2.45, 2.75) is 104 Å².